The van der Waals surface area contributed by atoms with Gasteiger partial charge >= 0.3 is 5.97 Å². The maximum atomic E-state index is 14.0. The first-order chi connectivity index (χ1) is 9.65. The largest absolute Gasteiger partial charge is 0.465 e. The summed E-state index contributed by atoms with van der Waals surface area (Å²) in [5, 5.41) is 9.36. The van der Waals surface area contributed by atoms with Crippen molar-refractivity contribution in [3.8, 4) is 0 Å². The molecule has 1 aromatic rings. The third-order valence-electron chi connectivity index (χ3n) is 3.81. The zero-order chi connectivity index (χ0) is 14.5. The number of aliphatic hydroxyl groups is 1. The molecule has 1 aromatic carbocycles. The Morgan fingerprint density at radius 1 is 1.50 bits per heavy atom. The molecule has 0 bridgehead atoms. The third-order valence-corrected chi connectivity index (χ3v) is 3.81. The number of ether oxygens (including phenoxy) is 1. The fourth-order valence-electron chi connectivity index (χ4n) is 2.61. The van der Waals surface area contributed by atoms with Gasteiger partial charge in [-0.25, -0.2) is 9.18 Å². The van der Waals surface area contributed by atoms with Gasteiger partial charge in [-0.3, -0.25) is 4.90 Å². The lowest BCUT2D eigenvalue weighted by molar-refractivity contribution is 0.0600. The van der Waals surface area contributed by atoms with E-state index in [0.29, 0.717) is 12.1 Å². The number of hydrogen-bond donors (Lipinski definition) is 1. The van der Waals surface area contributed by atoms with Crippen LogP contribution in [0.1, 0.15) is 35.2 Å². The molecule has 1 N–H and O–H groups in total. The standard InChI is InChI=1S/C15H20FNO3/c1-20-15(19)11-5-6-12(14(16)8-11)9-17-7-3-2-4-13(17)10-18/h5-6,8,13,18H,2-4,7,9-10H2,1H3. The van der Waals surface area contributed by atoms with E-state index in [-0.39, 0.29) is 18.2 Å². The van der Waals surface area contributed by atoms with Crippen LogP contribution in [0.5, 0.6) is 0 Å². The van der Waals surface area contributed by atoms with Crippen LogP contribution in [0.2, 0.25) is 0 Å². The molecule has 1 heterocycles. The van der Waals surface area contributed by atoms with Crippen LogP contribution in [0.3, 0.4) is 0 Å². The van der Waals surface area contributed by atoms with Gasteiger partial charge in [0, 0.05) is 18.2 Å². The van der Waals surface area contributed by atoms with Crippen molar-refractivity contribution >= 4 is 5.97 Å². The number of aliphatic hydroxyl groups excluding tert-OH is 1. The van der Waals surface area contributed by atoms with Crippen LogP contribution in [0.25, 0.3) is 0 Å². The molecule has 0 spiro atoms. The van der Waals surface area contributed by atoms with Gasteiger partial charge in [-0.2, -0.15) is 0 Å². The first kappa shape index (κ1) is 14.9. The molecule has 0 radical (unpaired) electrons. The van der Waals surface area contributed by atoms with E-state index in [1.807, 2.05) is 0 Å². The highest BCUT2D eigenvalue weighted by Crippen LogP contribution is 2.21. The van der Waals surface area contributed by atoms with Gasteiger partial charge in [0.25, 0.3) is 0 Å². The van der Waals surface area contributed by atoms with Gasteiger partial charge < -0.3 is 9.84 Å². The van der Waals surface area contributed by atoms with E-state index in [1.165, 1.54) is 13.2 Å². The van der Waals surface area contributed by atoms with Crippen LogP contribution in [0.4, 0.5) is 4.39 Å². The molecule has 2 rings (SSSR count). The van der Waals surface area contributed by atoms with Crippen molar-refractivity contribution in [1.82, 2.24) is 4.90 Å². The molecule has 1 aliphatic heterocycles. The van der Waals surface area contributed by atoms with Crippen molar-refractivity contribution in [3.63, 3.8) is 0 Å². The Morgan fingerprint density at radius 3 is 2.95 bits per heavy atom. The molecule has 1 fully saturated rings. The molecular formula is C15H20FNO3. The second-order valence-corrected chi connectivity index (χ2v) is 5.10. The van der Waals surface area contributed by atoms with Crippen LogP contribution in [-0.4, -0.2) is 42.3 Å². The van der Waals surface area contributed by atoms with Crippen molar-refractivity contribution < 1.29 is 19.0 Å². The number of nitrogens with zero attached hydrogens (tertiary/aromatic N) is 1. The van der Waals surface area contributed by atoms with Crippen LogP contribution < -0.4 is 0 Å². The molecule has 0 saturated carbocycles. The summed E-state index contributed by atoms with van der Waals surface area (Å²) in [6.07, 6.45) is 3.11. The third kappa shape index (κ3) is 3.35. The predicted octanol–water partition coefficient (Wildman–Crippen LogP) is 1.96. The molecule has 5 heteroatoms. The van der Waals surface area contributed by atoms with Gasteiger partial charge in [0.2, 0.25) is 0 Å². The summed E-state index contributed by atoms with van der Waals surface area (Å²) in [5.74, 6) is -0.947. The zero-order valence-electron chi connectivity index (χ0n) is 11.6. The number of rotatable bonds is 4. The normalized spacial score (nSPS) is 19.9. The number of benzene rings is 1. The van der Waals surface area contributed by atoms with E-state index in [2.05, 4.69) is 9.64 Å². The average molecular weight is 281 g/mol. The van der Waals surface area contributed by atoms with E-state index in [0.717, 1.165) is 25.8 Å². The number of halogens is 1. The van der Waals surface area contributed by atoms with E-state index in [1.54, 1.807) is 12.1 Å². The van der Waals surface area contributed by atoms with Crippen molar-refractivity contribution in [1.29, 1.82) is 0 Å². The van der Waals surface area contributed by atoms with E-state index < -0.39 is 11.8 Å². The molecule has 1 saturated heterocycles. The maximum absolute atomic E-state index is 14.0. The Balaban J connectivity index is 2.11. The molecular weight excluding hydrogens is 261 g/mol. The lowest BCUT2D eigenvalue weighted by Crippen LogP contribution is -2.41. The Bertz CT molecular complexity index is 478. The van der Waals surface area contributed by atoms with Gasteiger partial charge in [-0.1, -0.05) is 12.5 Å². The van der Waals surface area contributed by atoms with Gasteiger partial charge in [0.05, 0.1) is 19.3 Å². The Labute approximate surface area is 118 Å². The van der Waals surface area contributed by atoms with Crippen molar-refractivity contribution in [2.24, 2.45) is 0 Å². The number of esters is 1. The minimum Gasteiger partial charge on any atom is -0.465 e. The Morgan fingerprint density at radius 2 is 2.30 bits per heavy atom. The topological polar surface area (TPSA) is 49.8 Å². The van der Waals surface area contributed by atoms with Crippen molar-refractivity contribution in [2.45, 2.75) is 31.8 Å². The molecule has 110 valence electrons. The summed E-state index contributed by atoms with van der Waals surface area (Å²) in [6.45, 7) is 1.42. The summed E-state index contributed by atoms with van der Waals surface area (Å²) in [5.41, 5.74) is 0.754. The summed E-state index contributed by atoms with van der Waals surface area (Å²) >= 11 is 0. The highest BCUT2D eigenvalue weighted by Gasteiger charge is 2.22. The van der Waals surface area contributed by atoms with Gasteiger partial charge in [0.1, 0.15) is 5.82 Å². The van der Waals surface area contributed by atoms with E-state index >= 15 is 0 Å². The monoisotopic (exact) mass is 281 g/mol. The van der Waals surface area contributed by atoms with Crippen molar-refractivity contribution in [3.05, 3.63) is 35.1 Å². The summed E-state index contributed by atoms with van der Waals surface area (Å²) < 4.78 is 18.6. The van der Waals surface area contributed by atoms with Gasteiger partial charge in [-0.05, 0) is 31.5 Å². The van der Waals surface area contributed by atoms with Crippen LogP contribution >= 0.6 is 0 Å². The smallest absolute Gasteiger partial charge is 0.337 e. The molecule has 0 amide bonds. The number of piperidine rings is 1. The Kier molecular flexibility index (Phi) is 5.09. The van der Waals surface area contributed by atoms with Gasteiger partial charge in [-0.15, -0.1) is 0 Å². The molecule has 0 aromatic heterocycles. The maximum Gasteiger partial charge on any atom is 0.337 e. The average Bonchev–Trinajstić information content (AvgIpc) is 2.49. The minimum atomic E-state index is -0.540. The lowest BCUT2D eigenvalue weighted by Gasteiger charge is -2.34. The quantitative estimate of drug-likeness (QED) is 0.857. The van der Waals surface area contributed by atoms with E-state index in [9.17, 15) is 14.3 Å². The summed E-state index contributed by atoms with van der Waals surface area (Å²) in [4.78, 5) is 13.4. The molecule has 20 heavy (non-hydrogen) atoms. The first-order valence-electron chi connectivity index (χ1n) is 6.87. The lowest BCUT2D eigenvalue weighted by atomic mass is 10.0. The molecule has 0 aliphatic carbocycles. The SMILES string of the molecule is COC(=O)c1ccc(CN2CCCCC2CO)c(F)c1. The minimum absolute atomic E-state index is 0.0991. The number of hydrogen-bond acceptors (Lipinski definition) is 4. The Hall–Kier alpha value is -1.46. The summed E-state index contributed by atoms with van der Waals surface area (Å²) in [7, 11) is 1.27. The number of likely N-dealkylation sites (tertiary alicyclic amines) is 1. The fraction of sp³-hybridized carbons (Fsp3) is 0.533. The predicted molar refractivity (Wildman–Crippen MR) is 72.9 cm³/mol. The molecule has 1 aliphatic rings. The number of carbonyl (C=O) groups excluding carboxylic acids is 1. The highest BCUT2D eigenvalue weighted by molar-refractivity contribution is 5.89. The van der Waals surface area contributed by atoms with Crippen LogP contribution in [-0.2, 0) is 11.3 Å². The van der Waals surface area contributed by atoms with Gasteiger partial charge in [0.15, 0.2) is 0 Å². The molecule has 4 nitrogen and oxygen atoms in total. The number of carbonyl (C=O) groups is 1. The van der Waals surface area contributed by atoms with Crippen molar-refractivity contribution in [2.75, 3.05) is 20.3 Å². The van der Waals surface area contributed by atoms with Crippen LogP contribution in [0.15, 0.2) is 18.2 Å². The fourth-order valence-corrected chi connectivity index (χ4v) is 2.61. The summed E-state index contributed by atoms with van der Waals surface area (Å²) in [6, 6.07) is 4.50. The molecule has 1 unspecified atom stereocenters. The first-order valence-corrected chi connectivity index (χ1v) is 6.87. The second-order valence-electron chi connectivity index (χ2n) is 5.10. The molecule has 1 atom stereocenters. The van der Waals surface area contributed by atoms with E-state index in [4.69, 9.17) is 0 Å². The number of methoxy groups -OCH3 is 1. The second kappa shape index (κ2) is 6.81. The van der Waals surface area contributed by atoms with Crippen LogP contribution in [0, 0.1) is 5.82 Å². The highest BCUT2D eigenvalue weighted by atomic mass is 19.1. The zero-order valence-corrected chi connectivity index (χ0v) is 11.6.